The molecule has 0 aliphatic heterocycles. The predicted molar refractivity (Wildman–Crippen MR) is 58.2 cm³/mol. The monoisotopic (exact) mass is 258 g/mol. The third kappa shape index (κ3) is 2.34. The van der Waals surface area contributed by atoms with E-state index in [2.05, 4.69) is 21.3 Å². The Morgan fingerprint density at radius 2 is 2.06 bits per heavy atom. The molecule has 18 heavy (non-hydrogen) atoms. The van der Waals surface area contributed by atoms with E-state index < -0.39 is 10.7 Å². The molecule has 0 saturated heterocycles. The van der Waals surface area contributed by atoms with Crippen LogP contribution in [-0.2, 0) is 7.05 Å². The van der Waals surface area contributed by atoms with Crippen molar-refractivity contribution in [2.45, 2.75) is 0 Å². The molecule has 0 aliphatic rings. The number of nitrogens with one attached hydrogen (secondary N) is 1. The van der Waals surface area contributed by atoms with Gasteiger partial charge in [-0.15, -0.1) is 5.10 Å². The number of nitrogens with zero attached hydrogens (tertiary/aromatic N) is 6. The molecule has 7 N–H and O–H groups in total. The van der Waals surface area contributed by atoms with Gasteiger partial charge in [-0.1, -0.05) is 5.21 Å². The van der Waals surface area contributed by atoms with E-state index in [1.165, 1.54) is 7.05 Å². The quantitative estimate of drug-likeness (QED) is 0.128. The van der Waals surface area contributed by atoms with Crippen molar-refractivity contribution in [2.75, 3.05) is 0 Å². The van der Waals surface area contributed by atoms with Crippen LogP contribution in [0.4, 0.5) is 5.82 Å². The molecule has 0 spiro atoms. The number of hydrogen-bond acceptors (Lipinski definition) is 7. The normalized spacial score (nSPS) is 9.61. The van der Waals surface area contributed by atoms with Crippen molar-refractivity contribution in [1.29, 1.82) is 0 Å². The van der Waals surface area contributed by atoms with Crippen LogP contribution in [0, 0.1) is 15.3 Å². The number of hydrazine groups is 1. The molecule has 0 saturated carbocycles. The molecule has 98 valence electrons. The number of nitrogens with two attached hydrogens (primary N) is 3. The van der Waals surface area contributed by atoms with Gasteiger partial charge in [-0.3, -0.25) is 22.2 Å². The van der Waals surface area contributed by atoms with Crippen molar-refractivity contribution in [2.24, 2.45) is 24.4 Å². The maximum absolute atomic E-state index is 10.9. The van der Waals surface area contributed by atoms with Gasteiger partial charge in [0.05, 0.1) is 12.1 Å². The first kappa shape index (κ1) is 12.9. The van der Waals surface area contributed by atoms with Crippen LogP contribution in [0.3, 0.4) is 0 Å². The molecular formula is C5H10N10O3. The molecule has 0 aliphatic carbocycles. The summed E-state index contributed by atoms with van der Waals surface area (Å²) >= 11 is 0. The fraction of sp³-hybridized carbons (Fsp3) is 0.200. The van der Waals surface area contributed by atoms with Gasteiger partial charge < -0.3 is 15.3 Å². The SMILES string of the molecule is Cn1nc([N+](=O)[O-])c2nnn([O-])c21.N[NH+]=C(N)N. The summed E-state index contributed by atoms with van der Waals surface area (Å²) in [6.07, 6.45) is 0. The van der Waals surface area contributed by atoms with Crippen LogP contribution < -0.4 is 22.4 Å². The number of nitro groups is 1. The first-order valence-corrected chi connectivity index (χ1v) is 4.33. The Morgan fingerprint density at radius 3 is 2.50 bits per heavy atom. The summed E-state index contributed by atoms with van der Waals surface area (Å²) in [5, 5.41) is 33.2. The summed E-state index contributed by atoms with van der Waals surface area (Å²) in [6.45, 7) is 0. The molecule has 0 bridgehead atoms. The van der Waals surface area contributed by atoms with Gasteiger partial charge in [0.2, 0.25) is 11.2 Å². The molecule has 0 aromatic carbocycles. The fourth-order valence-electron chi connectivity index (χ4n) is 1.04. The zero-order valence-electron chi connectivity index (χ0n) is 9.14. The number of guanidine groups is 1. The van der Waals surface area contributed by atoms with E-state index in [0.29, 0.717) is 0 Å². The molecule has 2 aromatic rings. The Kier molecular flexibility index (Phi) is 3.46. The molecule has 0 radical (unpaired) electrons. The van der Waals surface area contributed by atoms with Crippen LogP contribution in [0.5, 0.6) is 0 Å². The summed E-state index contributed by atoms with van der Waals surface area (Å²) in [6, 6.07) is 0. The van der Waals surface area contributed by atoms with E-state index >= 15 is 0 Å². The van der Waals surface area contributed by atoms with Crippen LogP contribution in [0.25, 0.3) is 11.2 Å². The van der Waals surface area contributed by atoms with Crippen molar-refractivity contribution >= 4 is 22.9 Å². The summed E-state index contributed by atoms with van der Waals surface area (Å²) in [7, 11) is 1.41. The van der Waals surface area contributed by atoms with Crippen LogP contribution in [0.15, 0.2) is 0 Å². The summed E-state index contributed by atoms with van der Waals surface area (Å²) in [5.74, 6) is 4.21. The number of aromatic nitrogens is 5. The van der Waals surface area contributed by atoms with Crippen molar-refractivity contribution in [3.05, 3.63) is 15.3 Å². The zero-order valence-corrected chi connectivity index (χ0v) is 9.14. The molecule has 2 heterocycles. The summed E-state index contributed by atoms with van der Waals surface area (Å²) in [4.78, 5) is 9.87. The Hall–Kier alpha value is -3.12. The molecule has 0 unspecified atom stereocenters. The van der Waals surface area contributed by atoms with E-state index in [1.807, 2.05) is 5.10 Å². The lowest BCUT2D eigenvalue weighted by atomic mass is 10.5. The first-order chi connectivity index (χ1) is 8.38. The van der Waals surface area contributed by atoms with Gasteiger partial charge >= 0.3 is 11.8 Å². The second kappa shape index (κ2) is 4.81. The van der Waals surface area contributed by atoms with Gasteiger partial charge in [-0.2, -0.15) is 9.78 Å². The molecule has 13 nitrogen and oxygen atoms in total. The molecule has 2 aromatic heterocycles. The average molecular weight is 258 g/mol. The molecule has 0 amide bonds. The van der Waals surface area contributed by atoms with Gasteiger partial charge in [0.1, 0.15) is 0 Å². The van der Waals surface area contributed by atoms with Crippen LogP contribution in [-0.4, -0.2) is 35.8 Å². The van der Waals surface area contributed by atoms with Gasteiger partial charge in [0.25, 0.3) is 0 Å². The third-order valence-electron chi connectivity index (χ3n) is 1.72. The minimum atomic E-state index is -0.711. The van der Waals surface area contributed by atoms with Crippen molar-refractivity contribution < 1.29 is 10.0 Å². The maximum atomic E-state index is 10.9. The minimum absolute atomic E-state index is 0.0216. The van der Waals surface area contributed by atoms with Gasteiger partial charge in [-0.05, 0) is 4.92 Å². The van der Waals surface area contributed by atoms with E-state index in [4.69, 9.17) is 11.5 Å². The van der Waals surface area contributed by atoms with E-state index in [9.17, 15) is 15.3 Å². The zero-order chi connectivity index (χ0) is 13.9. The highest BCUT2D eigenvalue weighted by atomic mass is 16.6. The molecule has 13 heteroatoms. The van der Waals surface area contributed by atoms with E-state index in [-0.39, 0.29) is 22.0 Å². The number of fused-ring (bicyclic) bond motifs is 1. The number of aryl methyl sites for hydroxylation is 1. The summed E-state index contributed by atoms with van der Waals surface area (Å²) in [5.41, 5.74) is 9.38. The molecule has 2 rings (SSSR count). The largest absolute Gasteiger partial charge is 0.788 e. The van der Waals surface area contributed by atoms with Crippen molar-refractivity contribution in [3.8, 4) is 0 Å². The van der Waals surface area contributed by atoms with Crippen molar-refractivity contribution in [3.63, 3.8) is 0 Å². The number of hydrogen-bond donors (Lipinski definition) is 4. The number of rotatable bonds is 1. The lowest BCUT2D eigenvalue weighted by Gasteiger charge is -1.99. The third-order valence-corrected chi connectivity index (χ3v) is 1.72. The Morgan fingerprint density at radius 1 is 1.50 bits per heavy atom. The van der Waals surface area contributed by atoms with Gasteiger partial charge in [0.15, 0.2) is 0 Å². The van der Waals surface area contributed by atoms with E-state index in [0.717, 1.165) is 4.68 Å². The second-order valence-electron chi connectivity index (χ2n) is 2.94. The summed E-state index contributed by atoms with van der Waals surface area (Å²) < 4.78 is 1.07. The second-order valence-corrected chi connectivity index (χ2v) is 2.94. The Bertz CT molecular complexity index is 592. The van der Waals surface area contributed by atoms with Gasteiger partial charge in [-0.25, -0.2) is 0 Å². The standard InChI is InChI=1S/C4H3N6O3.CH6N4/c1-8-4-2(5-7-9(4)11)3(6-8)10(12)13;2-1(3)5-4/h1H3;4H2,(H4,2,3,5)/q-1;/p+1. The van der Waals surface area contributed by atoms with Crippen LogP contribution in [0.1, 0.15) is 0 Å². The highest BCUT2D eigenvalue weighted by Gasteiger charge is 2.23. The van der Waals surface area contributed by atoms with Crippen molar-refractivity contribution in [1.82, 2.24) is 24.9 Å². The van der Waals surface area contributed by atoms with Crippen LogP contribution >= 0.6 is 0 Å². The average Bonchev–Trinajstić information content (AvgIpc) is 2.82. The van der Waals surface area contributed by atoms with Gasteiger partial charge in [0, 0.05) is 0 Å². The minimum Gasteiger partial charge on any atom is -0.788 e. The Labute approximate surface area is 98.5 Å². The maximum Gasteiger partial charge on any atom is 0.420 e. The highest BCUT2D eigenvalue weighted by Crippen LogP contribution is 2.20. The molecular weight excluding hydrogens is 248 g/mol. The first-order valence-electron chi connectivity index (χ1n) is 4.33. The predicted octanol–water partition coefficient (Wildman–Crippen LogP) is -4.37. The fourth-order valence-corrected chi connectivity index (χ4v) is 1.04. The lowest BCUT2D eigenvalue weighted by Crippen LogP contribution is -2.84. The lowest BCUT2D eigenvalue weighted by molar-refractivity contribution is -0.471. The molecule has 0 atom stereocenters. The Balaban J connectivity index is 0.000000280. The topological polar surface area (TPSA) is 207 Å². The highest BCUT2D eigenvalue weighted by molar-refractivity contribution is 5.79. The molecule has 0 fully saturated rings. The van der Waals surface area contributed by atoms with Crippen LogP contribution in [0.2, 0.25) is 0 Å². The van der Waals surface area contributed by atoms with E-state index in [1.54, 1.807) is 0 Å². The smallest absolute Gasteiger partial charge is 0.420 e. The number of hydrazone groups is 1.